The summed E-state index contributed by atoms with van der Waals surface area (Å²) in [7, 11) is 0. The molecule has 1 aromatic carbocycles. The summed E-state index contributed by atoms with van der Waals surface area (Å²) in [6.45, 7) is 3.21. The van der Waals surface area contributed by atoms with E-state index in [0.717, 1.165) is 12.0 Å². The molecule has 2 heterocycles. The summed E-state index contributed by atoms with van der Waals surface area (Å²) in [6.07, 6.45) is 4.92. The highest BCUT2D eigenvalue weighted by atomic mass is 16.5. The second kappa shape index (κ2) is 9.21. The van der Waals surface area contributed by atoms with Crippen LogP contribution in [0.2, 0.25) is 0 Å². The van der Waals surface area contributed by atoms with Crippen LogP contribution in [0.15, 0.2) is 42.7 Å². The average Bonchev–Trinajstić information content (AvgIpc) is 3.14. The van der Waals surface area contributed by atoms with Gasteiger partial charge in [0.1, 0.15) is 6.61 Å². The molecule has 0 bridgehead atoms. The molecule has 1 amide bonds. The van der Waals surface area contributed by atoms with Gasteiger partial charge in [-0.05, 0) is 44.0 Å². The van der Waals surface area contributed by atoms with Crippen LogP contribution >= 0.6 is 0 Å². The third-order valence-electron chi connectivity index (χ3n) is 4.66. The number of rotatable bonds is 8. The molecule has 7 heteroatoms. The summed E-state index contributed by atoms with van der Waals surface area (Å²) < 4.78 is 11.5. The van der Waals surface area contributed by atoms with E-state index in [-0.39, 0.29) is 18.4 Å². The zero-order chi connectivity index (χ0) is 19.9. The summed E-state index contributed by atoms with van der Waals surface area (Å²) in [5.74, 6) is -0.0284. The number of amides is 1. The number of nitrogens with zero attached hydrogens (tertiary/aromatic N) is 2. The Kier molecular flexibility index (Phi) is 6.47. The van der Waals surface area contributed by atoms with Crippen LogP contribution in [0.4, 0.5) is 0 Å². The van der Waals surface area contributed by atoms with Crippen molar-refractivity contribution in [2.24, 2.45) is 0 Å². The Hall–Kier alpha value is -3.09. The molecular weight excluding hydrogens is 360 g/mol. The van der Waals surface area contributed by atoms with E-state index in [0.29, 0.717) is 43.2 Å². The fourth-order valence-electron chi connectivity index (χ4n) is 3.36. The minimum Gasteiger partial charge on any atom is -0.490 e. The minimum absolute atomic E-state index is 0.0314. The van der Waals surface area contributed by atoms with Gasteiger partial charge in [0.2, 0.25) is 0 Å². The van der Waals surface area contributed by atoms with Crippen LogP contribution < -0.4 is 9.47 Å². The van der Waals surface area contributed by atoms with Gasteiger partial charge >= 0.3 is 5.97 Å². The molecule has 148 valence electrons. The van der Waals surface area contributed by atoms with E-state index in [1.807, 2.05) is 19.1 Å². The zero-order valence-electron chi connectivity index (χ0n) is 15.8. The number of likely N-dealkylation sites (tertiary alicyclic amines) is 1. The van der Waals surface area contributed by atoms with Crippen LogP contribution in [0.25, 0.3) is 0 Å². The Labute approximate surface area is 163 Å². The maximum Gasteiger partial charge on any atom is 0.305 e. The number of aromatic nitrogens is 1. The number of carbonyl (C=O) groups excluding carboxylic acids is 1. The van der Waals surface area contributed by atoms with Gasteiger partial charge in [0.05, 0.1) is 13.0 Å². The van der Waals surface area contributed by atoms with Gasteiger partial charge in [0.15, 0.2) is 11.5 Å². The molecule has 1 aromatic heterocycles. The summed E-state index contributed by atoms with van der Waals surface area (Å²) in [5, 5.41) is 9.07. The summed E-state index contributed by atoms with van der Waals surface area (Å²) in [4.78, 5) is 29.7. The number of benzene rings is 1. The highest BCUT2D eigenvalue weighted by molar-refractivity contribution is 5.95. The van der Waals surface area contributed by atoms with E-state index in [1.54, 1.807) is 35.5 Å². The van der Waals surface area contributed by atoms with E-state index in [9.17, 15) is 9.59 Å². The van der Waals surface area contributed by atoms with Crippen molar-refractivity contribution in [2.45, 2.75) is 38.8 Å². The van der Waals surface area contributed by atoms with Crippen molar-refractivity contribution in [1.82, 2.24) is 9.88 Å². The largest absolute Gasteiger partial charge is 0.490 e. The molecule has 0 saturated carbocycles. The predicted molar refractivity (Wildman–Crippen MR) is 102 cm³/mol. The molecule has 1 atom stereocenters. The molecule has 0 spiro atoms. The first kappa shape index (κ1) is 19.7. The van der Waals surface area contributed by atoms with Crippen molar-refractivity contribution in [3.05, 3.63) is 53.9 Å². The number of pyridine rings is 1. The molecule has 3 rings (SSSR count). The lowest BCUT2D eigenvalue weighted by molar-refractivity contribution is -0.137. The molecule has 0 aliphatic carbocycles. The van der Waals surface area contributed by atoms with Gasteiger partial charge in [-0.15, -0.1) is 0 Å². The standard InChI is InChI=1S/C21H24N2O5/c1-2-27-19-11-16(21(26)23-10-4-6-17(23)12-20(24)25)7-8-18(19)28-14-15-5-3-9-22-13-15/h3,5,7-9,11,13,17H,2,4,6,10,12,14H2,1H3,(H,24,25). The number of carboxylic acid groups (broad SMARTS) is 1. The molecule has 28 heavy (non-hydrogen) atoms. The monoisotopic (exact) mass is 384 g/mol. The van der Waals surface area contributed by atoms with Gasteiger partial charge in [0.25, 0.3) is 5.91 Å². The minimum atomic E-state index is -0.890. The average molecular weight is 384 g/mol. The molecule has 1 aliphatic rings. The zero-order valence-corrected chi connectivity index (χ0v) is 15.8. The maximum atomic E-state index is 12.9. The van der Waals surface area contributed by atoms with Gasteiger partial charge in [-0.1, -0.05) is 6.07 Å². The van der Waals surface area contributed by atoms with Crippen LogP contribution in [-0.2, 0) is 11.4 Å². The molecule has 1 fully saturated rings. The normalized spacial score (nSPS) is 16.0. The molecule has 0 radical (unpaired) electrons. The number of hydrogen-bond donors (Lipinski definition) is 1. The van der Waals surface area contributed by atoms with Crippen LogP contribution in [0.1, 0.15) is 42.1 Å². The van der Waals surface area contributed by atoms with E-state index in [1.165, 1.54) is 0 Å². The molecule has 1 saturated heterocycles. The van der Waals surface area contributed by atoms with Crippen molar-refractivity contribution >= 4 is 11.9 Å². The van der Waals surface area contributed by atoms with Gasteiger partial charge in [-0.2, -0.15) is 0 Å². The second-order valence-electron chi connectivity index (χ2n) is 6.64. The van der Waals surface area contributed by atoms with Crippen molar-refractivity contribution in [3.8, 4) is 11.5 Å². The van der Waals surface area contributed by atoms with Gasteiger partial charge < -0.3 is 19.5 Å². The third kappa shape index (κ3) is 4.79. The van der Waals surface area contributed by atoms with Gasteiger partial charge in [0, 0.05) is 36.1 Å². The molecular formula is C21H24N2O5. The Morgan fingerprint density at radius 1 is 1.25 bits per heavy atom. The molecule has 7 nitrogen and oxygen atoms in total. The van der Waals surface area contributed by atoms with E-state index in [2.05, 4.69) is 4.98 Å². The molecule has 1 aliphatic heterocycles. The first-order valence-electron chi connectivity index (χ1n) is 9.39. The van der Waals surface area contributed by atoms with E-state index >= 15 is 0 Å². The first-order valence-corrected chi connectivity index (χ1v) is 9.39. The lowest BCUT2D eigenvalue weighted by Gasteiger charge is -2.24. The van der Waals surface area contributed by atoms with Gasteiger partial charge in [-0.3, -0.25) is 14.6 Å². The topological polar surface area (TPSA) is 89.0 Å². The number of hydrogen-bond acceptors (Lipinski definition) is 5. The number of aliphatic carboxylic acids is 1. The van der Waals surface area contributed by atoms with E-state index in [4.69, 9.17) is 14.6 Å². The lowest BCUT2D eigenvalue weighted by Crippen LogP contribution is -2.36. The van der Waals surface area contributed by atoms with Crippen LogP contribution in [0.5, 0.6) is 11.5 Å². The van der Waals surface area contributed by atoms with Crippen molar-refractivity contribution < 1.29 is 24.2 Å². The SMILES string of the molecule is CCOc1cc(C(=O)N2CCCC2CC(=O)O)ccc1OCc1cccnc1. The molecule has 2 aromatic rings. The maximum absolute atomic E-state index is 12.9. The highest BCUT2D eigenvalue weighted by Crippen LogP contribution is 2.31. The Balaban J connectivity index is 1.75. The predicted octanol–water partition coefficient (Wildman–Crippen LogP) is 3.14. The smallest absolute Gasteiger partial charge is 0.305 e. The van der Waals surface area contributed by atoms with E-state index < -0.39 is 5.97 Å². The van der Waals surface area contributed by atoms with Gasteiger partial charge in [-0.25, -0.2) is 0 Å². The number of carbonyl (C=O) groups is 2. The molecule has 1 unspecified atom stereocenters. The first-order chi connectivity index (χ1) is 13.6. The van der Waals surface area contributed by atoms with Crippen LogP contribution in [-0.4, -0.2) is 46.1 Å². The van der Waals surface area contributed by atoms with Crippen molar-refractivity contribution in [3.63, 3.8) is 0 Å². The summed E-state index contributed by atoms with van der Waals surface area (Å²) in [5.41, 5.74) is 1.40. The highest BCUT2D eigenvalue weighted by Gasteiger charge is 2.31. The van der Waals surface area contributed by atoms with Crippen molar-refractivity contribution in [1.29, 1.82) is 0 Å². The summed E-state index contributed by atoms with van der Waals surface area (Å²) >= 11 is 0. The van der Waals surface area contributed by atoms with Crippen molar-refractivity contribution in [2.75, 3.05) is 13.2 Å². The Morgan fingerprint density at radius 3 is 2.82 bits per heavy atom. The van der Waals surface area contributed by atoms with Crippen LogP contribution in [0, 0.1) is 0 Å². The second-order valence-corrected chi connectivity index (χ2v) is 6.64. The van der Waals surface area contributed by atoms with Crippen LogP contribution in [0.3, 0.4) is 0 Å². The number of ether oxygens (including phenoxy) is 2. The quantitative estimate of drug-likeness (QED) is 0.752. The Bertz CT molecular complexity index is 825. The summed E-state index contributed by atoms with van der Waals surface area (Å²) in [6, 6.07) is 8.58. The third-order valence-corrected chi connectivity index (χ3v) is 4.66. The lowest BCUT2D eigenvalue weighted by atomic mass is 10.1. The molecule has 1 N–H and O–H groups in total. The Morgan fingerprint density at radius 2 is 2.11 bits per heavy atom. The fraction of sp³-hybridized carbons (Fsp3) is 0.381. The fourth-order valence-corrected chi connectivity index (χ4v) is 3.36. The number of carboxylic acids is 1.